The van der Waals surface area contributed by atoms with Crippen molar-refractivity contribution < 1.29 is 27.1 Å². The molecule has 0 radical (unpaired) electrons. The second-order valence-corrected chi connectivity index (χ2v) is 17.0. The van der Waals surface area contributed by atoms with Crippen LogP contribution in [-0.2, 0) is 9.22 Å². The summed E-state index contributed by atoms with van der Waals surface area (Å²) in [5, 5.41) is -0.0340. The molecule has 1 saturated heterocycles. The number of halogens is 3. The molecule has 1 amide bonds. The molecule has 0 saturated carbocycles. The second kappa shape index (κ2) is 12.4. The van der Waals surface area contributed by atoms with Gasteiger partial charge in [-0.25, -0.2) is 23.1 Å². The third kappa shape index (κ3) is 6.78. The van der Waals surface area contributed by atoms with E-state index in [0.717, 1.165) is 17.8 Å². The molecule has 42 heavy (non-hydrogen) atoms. The number of ether oxygens (including phenoxy) is 1. The molecule has 1 atom stereocenters. The van der Waals surface area contributed by atoms with Crippen molar-refractivity contribution in [3.05, 3.63) is 76.8 Å². The monoisotopic (exact) mass is 600 g/mol. The minimum Gasteiger partial charge on any atom is -0.479 e. The first-order valence-corrected chi connectivity index (χ1v) is 17.0. The minimum atomic E-state index is -2.12. The molecule has 1 aliphatic heterocycles. The van der Waals surface area contributed by atoms with Crippen LogP contribution in [0, 0.1) is 24.4 Å². The molecule has 11 heteroatoms. The maximum atomic E-state index is 14.3. The Morgan fingerprint density at radius 1 is 1.14 bits per heavy atom. The lowest BCUT2D eigenvalue weighted by Gasteiger charge is -2.39. The van der Waals surface area contributed by atoms with E-state index in [1.165, 1.54) is 7.11 Å². The van der Waals surface area contributed by atoms with E-state index in [0.29, 0.717) is 55.2 Å². The van der Waals surface area contributed by atoms with E-state index < -0.39 is 31.8 Å². The van der Waals surface area contributed by atoms with Crippen molar-refractivity contribution in [1.29, 1.82) is 0 Å². The van der Waals surface area contributed by atoms with Gasteiger partial charge < -0.3 is 18.6 Å². The standard InChI is InChI=1S/C31H39F3N4O3Si/c1-20-18-37(19-35-20)27-11-10-23(36-29(27)40-5)15-21-9-8-13-38(30(21)39)26(12-14-41-42(6,7)31(2,3)4)22-16-24(32)28(34)25(33)17-22/h10-11,15-19,26H,8-9,12-14H2,1-7H3/b21-15+. The van der Waals surface area contributed by atoms with Gasteiger partial charge in [0.25, 0.3) is 0 Å². The van der Waals surface area contributed by atoms with Crippen LogP contribution >= 0.6 is 0 Å². The van der Waals surface area contributed by atoms with Gasteiger partial charge in [-0.1, -0.05) is 20.8 Å². The number of aryl methyl sites for hydroxylation is 1. The van der Waals surface area contributed by atoms with E-state index in [1.807, 2.05) is 23.8 Å². The second-order valence-electron chi connectivity index (χ2n) is 12.2. The number of aromatic nitrogens is 3. The number of hydrogen-bond acceptors (Lipinski definition) is 5. The van der Waals surface area contributed by atoms with Crippen molar-refractivity contribution in [2.24, 2.45) is 0 Å². The fourth-order valence-electron chi connectivity index (χ4n) is 4.78. The number of benzene rings is 1. The van der Waals surface area contributed by atoms with Crippen LogP contribution in [0.5, 0.6) is 5.88 Å². The summed E-state index contributed by atoms with van der Waals surface area (Å²) >= 11 is 0. The summed E-state index contributed by atoms with van der Waals surface area (Å²) in [5.41, 5.74) is 2.80. The molecule has 1 unspecified atom stereocenters. The van der Waals surface area contributed by atoms with Crippen molar-refractivity contribution >= 4 is 20.3 Å². The Hall–Kier alpha value is -3.44. The highest BCUT2D eigenvalue weighted by Crippen LogP contribution is 2.38. The number of carbonyl (C=O) groups is 1. The number of carbonyl (C=O) groups excluding carboxylic acids is 1. The van der Waals surface area contributed by atoms with Gasteiger partial charge in [0, 0.05) is 24.9 Å². The first kappa shape index (κ1) is 31.5. The Labute approximate surface area is 246 Å². The molecule has 0 spiro atoms. The normalized spacial score (nSPS) is 16.3. The fraction of sp³-hybridized carbons (Fsp3) is 0.452. The number of methoxy groups -OCH3 is 1. The first-order valence-electron chi connectivity index (χ1n) is 14.1. The molecule has 4 rings (SSSR count). The Morgan fingerprint density at radius 3 is 2.43 bits per heavy atom. The molecule has 3 aromatic rings. The van der Waals surface area contributed by atoms with Crippen LogP contribution in [0.2, 0.25) is 18.1 Å². The number of amides is 1. The fourth-order valence-corrected chi connectivity index (χ4v) is 5.84. The SMILES string of the molecule is COc1nc(/C=C2\CCCN(C(CCO[Si](C)(C)C(C)(C)C)c3cc(F)c(F)c(F)c3)C2=O)ccc1-n1cnc(C)c1. The lowest BCUT2D eigenvalue weighted by Crippen LogP contribution is -2.43. The zero-order valence-electron chi connectivity index (χ0n) is 25.3. The van der Waals surface area contributed by atoms with Crippen molar-refractivity contribution in [1.82, 2.24) is 19.4 Å². The molecule has 3 heterocycles. The van der Waals surface area contributed by atoms with E-state index >= 15 is 0 Å². The van der Waals surface area contributed by atoms with E-state index in [9.17, 15) is 18.0 Å². The van der Waals surface area contributed by atoms with Gasteiger partial charge in [0.15, 0.2) is 25.8 Å². The molecule has 1 fully saturated rings. The van der Waals surface area contributed by atoms with Crippen LogP contribution in [0.3, 0.4) is 0 Å². The van der Waals surface area contributed by atoms with Crippen LogP contribution in [0.1, 0.15) is 63.0 Å². The van der Waals surface area contributed by atoms with E-state index in [2.05, 4.69) is 43.8 Å². The van der Waals surface area contributed by atoms with Gasteiger partial charge in [0.2, 0.25) is 11.8 Å². The van der Waals surface area contributed by atoms with Crippen LogP contribution in [0.25, 0.3) is 11.8 Å². The third-order valence-corrected chi connectivity index (χ3v) is 12.7. The molecule has 2 aromatic heterocycles. The molecule has 226 valence electrons. The molecular formula is C31H39F3N4O3Si. The lowest BCUT2D eigenvalue weighted by atomic mass is 9.95. The summed E-state index contributed by atoms with van der Waals surface area (Å²) in [5.74, 6) is -4.00. The highest BCUT2D eigenvalue weighted by atomic mass is 28.4. The van der Waals surface area contributed by atoms with Crippen molar-refractivity contribution in [3.63, 3.8) is 0 Å². The van der Waals surface area contributed by atoms with Gasteiger partial charge in [0.1, 0.15) is 5.69 Å². The van der Waals surface area contributed by atoms with E-state index in [-0.39, 0.29) is 16.5 Å². The summed E-state index contributed by atoms with van der Waals surface area (Å²) in [7, 11) is -0.595. The number of pyridine rings is 1. The first-order chi connectivity index (χ1) is 19.7. The predicted octanol–water partition coefficient (Wildman–Crippen LogP) is 7.16. The summed E-state index contributed by atoms with van der Waals surface area (Å²) in [6.45, 7) is 13.2. The van der Waals surface area contributed by atoms with Crippen molar-refractivity contribution in [3.8, 4) is 11.6 Å². The smallest absolute Gasteiger partial charge is 0.250 e. The van der Waals surface area contributed by atoms with Crippen LogP contribution < -0.4 is 4.74 Å². The Morgan fingerprint density at radius 2 is 1.83 bits per heavy atom. The van der Waals surface area contributed by atoms with Gasteiger partial charge in [0.05, 0.1) is 30.9 Å². The molecule has 1 aromatic carbocycles. The highest BCUT2D eigenvalue weighted by Gasteiger charge is 2.38. The predicted molar refractivity (Wildman–Crippen MR) is 158 cm³/mol. The van der Waals surface area contributed by atoms with Gasteiger partial charge in [-0.3, -0.25) is 4.79 Å². The Kier molecular flexibility index (Phi) is 9.32. The molecule has 7 nitrogen and oxygen atoms in total. The summed E-state index contributed by atoms with van der Waals surface area (Å²) in [6, 6.07) is 4.88. The summed E-state index contributed by atoms with van der Waals surface area (Å²) in [6.07, 6.45) is 6.71. The maximum Gasteiger partial charge on any atom is 0.250 e. The molecule has 0 bridgehead atoms. The summed E-state index contributed by atoms with van der Waals surface area (Å²) < 4.78 is 56.2. The van der Waals surface area contributed by atoms with E-state index in [4.69, 9.17) is 9.16 Å². The number of nitrogens with zero attached hydrogens (tertiary/aromatic N) is 4. The molecular weight excluding hydrogens is 561 g/mol. The highest BCUT2D eigenvalue weighted by molar-refractivity contribution is 6.74. The lowest BCUT2D eigenvalue weighted by molar-refractivity contribution is -0.131. The Bertz CT molecular complexity index is 1460. The third-order valence-electron chi connectivity index (χ3n) is 8.18. The average molecular weight is 601 g/mol. The number of imidazole rings is 1. The summed E-state index contributed by atoms with van der Waals surface area (Å²) in [4.78, 5) is 24.3. The number of rotatable bonds is 9. The average Bonchev–Trinajstić information content (AvgIpc) is 3.36. The molecule has 0 N–H and O–H groups in total. The van der Waals surface area contributed by atoms with Crippen LogP contribution in [0.15, 0.2) is 42.4 Å². The van der Waals surface area contributed by atoms with Crippen LogP contribution in [-0.4, -0.2) is 53.9 Å². The van der Waals surface area contributed by atoms with Gasteiger partial charge in [-0.2, -0.15) is 0 Å². The quantitative estimate of drug-likeness (QED) is 0.148. The van der Waals surface area contributed by atoms with Gasteiger partial charge in [-0.15, -0.1) is 0 Å². The maximum absolute atomic E-state index is 14.3. The van der Waals surface area contributed by atoms with Crippen molar-refractivity contribution in [2.75, 3.05) is 20.3 Å². The van der Waals surface area contributed by atoms with Crippen molar-refractivity contribution in [2.45, 2.75) is 71.1 Å². The number of piperidine rings is 1. The zero-order valence-corrected chi connectivity index (χ0v) is 26.3. The van der Waals surface area contributed by atoms with E-state index in [1.54, 1.807) is 23.4 Å². The largest absolute Gasteiger partial charge is 0.479 e. The molecule has 0 aliphatic carbocycles. The van der Waals surface area contributed by atoms with Gasteiger partial charge >= 0.3 is 0 Å². The number of likely N-dealkylation sites (tertiary alicyclic amines) is 1. The molecule has 1 aliphatic rings. The Balaban J connectivity index is 1.64. The number of hydrogen-bond donors (Lipinski definition) is 0. The van der Waals surface area contributed by atoms with Gasteiger partial charge in [-0.05, 0) is 80.2 Å². The van der Waals surface area contributed by atoms with Crippen LogP contribution in [0.4, 0.5) is 13.2 Å². The minimum absolute atomic E-state index is 0.0340. The zero-order chi connectivity index (χ0) is 30.8. The topological polar surface area (TPSA) is 69.5 Å².